The summed E-state index contributed by atoms with van der Waals surface area (Å²) in [5, 5.41) is 13.8. The highest BCUT2D eigenvalue weighted by Crippen LogP contribution is 2.38. The molecule has 1 saturated heterocycles. The van der Waals surface area contributed by atoms with Gasteiger partial charge in [-0.2, -0.15) is 26.3 Å². The SMILES string of the molecule is Cc1cc(F)ccc1[C@H]1C[C@H](NC(=O)c2ccc([N+](=O)[O-])cc2)CCN1C(=O)N(C)Cc1cc(C(F)(F)F)cc(C(F)(F)F)c1. The van der Waals surface area contributed by atoms with Crippen molar-refractivity contribution < 1.29 is 45.2 Å². The summed E-state index contributed by atoms with van der Waals surface area (Å²) in [6.07, 6.45) is -9.72. The second kappa shape index (κ2) is 12.7. The van der Waals surface area contributed by atoms with E-state index < -0.39 is 64.8 Å². The Balaban J connectivity index is 1.58. The maximum atomic E-state index is 13.9. The average Bonchev–Trinajstić information content (AvgIpc) is 2.95. The van der Waals surface area contributed by atoms with E-state index in [4.69, 9.17) is 0 Å². The van der Waals surface area contributed by atoms with Gasteiger partial charge in [-0.05, 0) is 78.9 Å². The zero-order valence-corrected chi connectivity index (χ0v) is 23.9. The third kappa shape index (κ3) is 7.88. The van der Waals surface area contributed by atoms with Crippen molar-refractivity contribution in [1.82, 2.24) is 15.1 Å². The summed E-state index contributed by atoms with van der Waals surface area (Å²) in [4.78, 5) is 39.2. The van der Waals surface area contributed by atoms with Crippen molar-refractivity contribution in [2.24, 2.45) is 0 Å². The number of likely N-dealkylation sites (tertiary alicyclic amines) is 1. The van der Waals surface area contributed by atoms with Crippen LogP contribution in [0.1, 0.15) is 57.1 Å². The first-order valence-corrected chi connectivity index (χ1v) is 13.6. The molecule has 0 unspecified atom stereocenters. The molecule has 1 aliphatic heterocycles. The number of nitro groups is 1. The Bertz CT molecular complexity index is 1560. The van der Waals surface area contributed by atoms with Crippen LogP contribution in [0.25, 0.3) is 0 Å². The first-order valence-electron chi connectivity index (χ1n) is 13.6. The number of piperidine rings is 1. The van der Waals surface area contributed by atoms with E-state index in [1.807, 2.05) is 0 Å². The van der Waals surface area contributed by atoms with Gasteiger partial charge in [0.15, 0.2) is 0 Å². The number of hydrogen-bond acceptors (Lipinski definition) is 4. The molecule has 1 heterocycles. The topological polar surface area (TPSA) is 95.8 Å². The number of halogens is 7. The van der Waals surface area contributed by atoms with E-state index in [1.54, 1.807) is 6.92 Å². The monoisotopic (exact) mass is 640 g/mol. The molecule has 4 rings (SSSR count). The summed E-state index contributed by atoms with van der Waals surface area (Å²) in [6, 6.07) is 8.03. The van der Waals surface area contributed by atoms with Crippen molar-refractivity contribution in [2.75, 3.05) is 13.6 Å². The van der Waals surface area contributed by atoms with E-state index in [-0.39, 0.29) is 42.3 Å². The molecule has 1 fully saturated rings. The standard InChI is InChI=1S/C30H27F7N4O4/c1-17-11-22(31)5-8-25(17)26-15-23(38-27(42)19-3-6-24(7-4-19)41(44)45)9-10-40(26)28(43)39(2)16-18-12-20(29(32,33)34)14-21(13-18)30(35,36)37/h3-8,11-14,23,26H,9-10,15-16H2,1-2H3,(H,38,42)/t23-,26-/m1/s1. The summed E-state index contributed by atoms with van der Waals surface area (Å²) in [6.45, 7) is 1.08. The van der Waals surface area contributed by atoms with Crippen molar-refractivity contribution in [2.45, 2.75) is 50.7 Å². The summed E-state index contributed by atoms with van der Waals surface area (Å²) in [5.41, 5.74) is -2.41. The van der Waals surface area contributed by atoms with Crippen LogP contribution >= 0.6 is 0 Å². The van der Waals surface area contributed by atoms with E-state index in [0.717, 1.165) is 4.90 Å². The van der Waals surface area contributed by atoms with Gasteiger partial charge in [-0.1, -0.05) is 6.07 Å². The van der Waals surface area contributed by atoms with Crippen molar-refractivity contribution in [3.05, 3.63) is 110 Å². The van der Waals surface area contributed by atoms with Crippen LogP contribution in [-0.4, -0.2) is 46.3 Å². The van der Waals surface area contributed by atoms with E-state index in [2.05, 4.69) is 5.32 Å². The fourth-order valence-corrected chi connectivity index (χ4v) is 5.31. The quantitative estimate of drug-likeness (QED) is 0.174. The number of carbonyl (C=O) groups is 2. The fraction of sp³-hybridized carbons (Fsp3) is 0.333. The normalized spacial score (nSPS) is 17.1. The molecule has 2 atom stereocenters. The van der Waals surface area contributed by atoms with Gasteiger partial charge >= 0.3 is 18.4 Å². The average molecular weight is 641 g/mol. The van der Waals surface area contributed by atoms with Crippen LogP contribution < -0.4 is 5.32 Å². The van der Waals surface area contributed by atoms with Crippen LogP contribution in [0.3, 0.4) is 0 Å². The van der Waals surface area contributed by atoms with Crippen LogP contribution in [-0.2, 0) is 18.9 Å². The lowest BCUT2D eigenvalue weighted by Gasteiger charge is -2.42. The molecule has 0 saturated carbocycles. The van der Waals surface area contributed by atoms with Crippen LogP contribution in [0, 0.1) is 22.9 Å². The molecule has 0 spiro atoms. The van der Waals surface area contributed by atoms with Gasteiger partial charge in [0.05, 0.1) is 22.1 Å². The molecule has 3 aromatic rings. The lowest BCUT2D eigenvalue weighted by Crippen LogP contribution is -2.51. The minimum atomic E-state index is -5.05. The third-order valence-corrected chi connectivity index (χ3v) is 7.51. The lowest BCUT2D eigenvalue weighted by molar-refractivity contribution is -0.384. The van der Waals surface area contributed by atoms with E-state index in [0.29, 0.717) is 23.3 Å². The number of aryl methyl sites for hydroxylation is 1. The number of nitro benzene ring substituents is 1. The lowest BCUT2D eigenvalue weighted by atomic mass is 9.89. The molecule has 45 heavy (non-hydrogen) atoms. The van der Waals surface area contributed by atoms with Crippen LogP contribution in [0.4, 0.5) is 41.2 Å². The van der Waals surface area contributed by atoms with Gasteiger partial charge in [-0.15, -0.1) is 0 Å². The molecular weight excluding hydrogens is 613 g/mol. The predicted molar refractivity (Wildman–Crippen MR) is 147 cm³/mol. The highest BCUT2D eigenvalue weighted by atomic mass is 19.4. The number of carbonyl (C=O) groups excluding carboxylic acids is 2. The Morgan fingerprint density at radius 2 is 1.58 bits per heavy atom. The fourth-order valence-electron chi connectivity index (χ4n) is 5.31. The smallest absolute Gasteiger partial charge is 0.349 e. The Hall–Kier alpha value is -4.69. The Morgan fingerprint density at radius 1 is 0.978 bits per heavy atom. The van der Waals surface area contributed by atoms with Crippen LogP contribution in [0.15, 0.2) is 60.7 Å². The summed E-state index contributed by atoms with van der Waals surface area (Å²) < 4.78 is 94.2. The molecule has 3 aromatic carbocycles. The van der Waals surface area contributed by atoms with Gasteiger partial charge in [-0.3, -0.25) is 14.9 Å². The largest absolute Gasteiger partial charge is 0.416 e. The number of non-ortho nitro benzene ring substituents is 1. The summed E-state index contributed by atoms with van der Waals surface area (Å²) in [5.74, 6) is -1.05. The van der Waals surface area contributed by atoms with Crippen LogP contribution in [0.5, 0.6) is 0 Å². The second-order valence-electron chi connectivity index (χ2n) is 10.8. The molecule has 0 aliphatic carbocycles. The number of amides is 3. The Labute approximate surface area is 252 Å². The number of urea groups is 1. The number of nitrogens with one attached hydrogen (secondary N) is 1. The summed E-state index contributed by atoms with van der Waals surface area (Å²) in [7, 11) is 1.24. The van der Waals surface area contributed by atoms with Crippen LogP contribution in [0.2, 0.25) is 0 Å². The number of alkyl halides is 6. The third-order valence-electron chi connectivity index (χ3n) is 7.51. The molecule has 0 aromatic heterocycles. The van der Waals surface area contributed by atoms with Crippen molar-refractivity contribution in [3.63, 3.8) is 0 Å². The number of hydrogen-bond donors (Lipinski definition) is 1. The van der Waals surface area contributed by atoms with Gasteiger partial charge in [0.1, 0.15) is 5.82 Å². The predicted octanol–water partition coefficient (Wildman–Crippen LogP) is 7.27. The number of rotatable bonds is 6. The first-order chi connectivity index (χ1) is 20.9. The molecule has 3 amide bonds. The second-order valence-corrected chi connectivity index (χ2v) is 10.8. The van der Waals surface area contributed by atoms with E-state index in [1.165, 1.54) is 54.4 Å². The molecule has 240 valence electrons. The molecule has 15 heteroatoms. The maximum absolute atomic E-state index is 13.9. The molecule has 0 bridgehead atoms. The minimum Gasteiger partial charge on any atom is -0.349 e. The van der Waals surface area contributed by atoms with Gasteiger partial charge in [0, 0.05) is 43.9 Å². The van der Waals surface area contributed by atoms with Gasteiger partial charge < -0.3 is 15.1 Å². The summed E-state index contributed by atoms with van der Waals surface area (Å²) >= 11 is 0. The van der Waals surface area contributed by atoms with Crippen molar-refractivity contribution in [3.8, 4) is 0 Å². The van der Waals surface area contributed by atoms with E-state index >= 15 is 0 Å². The molecule has 1 aliphatic rings. The molecule has 8 nitrogen and oxygen atoms in total. The zero-order valence-electron chi connectivity index (χ0n) is 23.9. The minimum absolute atomic E-state index is 0.00835. The Morgan fingerprint density at radius 3 is 2.11 bits per heavy atom. The number of nitrogens with zero attached hydrogens (tertiary/aromatic N) is 3. The van der Waals surface area contributed by atoms with Gasteiger partial charge in [0.2, 0.25) is 0 Å². The molecule has 1 N–H and O–H groups in total. The molecule has 0 radical (unpaired) electrons. The highest BCUT2D eigenvalue weighted by Gasteiger charge is 2.38. The van der Waals surface area contributed by atoms with Crippen molar-refractivity contribution in [1.29, 1.82) is 0 Å². The molecular formula is C30H27F7N4O4. The van der Waals surface area contributed by atoms with Gasteiger partial charge in [-0.25, -0.2) is 9.18 Å². The maximum Gasteiger partial charge on any atom is 0.416 e. The van der Waals surface area contributed by atoms with E-state index in [9.17, 15) is 50.4 Å². The van der Waals surface area contributed by atoms with Gasteiger partial charge in [0.25, 0.3) is 11.6 Å². The first kappa shape index (κ1) is 33.2. The highest BCUT2D eigenvalue weighted by molar-refractivity contribution is 5.94. The van der Waals surface area contributed by atoms with Crippen molar-refractivity contribution >= 4 is 17.6 Å². The number of benzene rings is 3. The zero-order chi connectivity index (χ0) is 33.3. The Kier molecular flexibility index (Phi) is 9.40.